The number of aliphatic hydroxyl groups excluding tert-OH is 1. The van der Waals surface area contributed by atoms with E-state index in [9.17, 15) is 22.0 Å². The van der Waals surface area contributed by atoms with Crippen LogP contribution in [0.2, 0.25) is 0 Å². The zero-order chi connectivity index (χ0) is 16.2. The largest absolute Gasteiger partial charge is 0.478 e. The number of hydrogen-bond acceptors (Lipinski definition) is 4. The summed E-state index contributed by atoms with van der Waals surface area (Å²) in [5.41, 5.74) is -0.0302. The Kier molecular flexibility index (Phi) is 5.76. The normalized spacial score (nSPS) is 12.1. The number of carbonyl (C=O) groups is 1. The van der Waals surface area contributed by atoms with Crippen molar-refractivity contribution in [3.05, 3.63) is 29.3 Å². The van der Waals surface area contributed by atoms with Gasteiger partial charge in [-0.2, -0.15) is 4.31 Å². The lowest BCUT2D eigenvalue weighted by atomic mass is 10.1. The summed E-state index contributed by atoms with van der Waals surface area (Å²) in [6.07, 6.45) is -2.91. The van der Waals surface area contributed by atoms with Gasteiger partial charge in [0.05, 0.1) is 23.6 Å². The Labute approximate surface area is 120 Å². The summed E-state index contributed by atoms with van der Waals surface area (Å²) >= 11 is 0. The third kappa shape index (κ3) is 4.19. The number of hydrogen-bond donors (Lipinski definition) is 2. The lowest BCUT2D eigenvalue weighted by Gasteiger charge is -2.22. The van der Waals surface area contributed by atoms with Crippen LogP contribution in [-0.4, -0.2) is 55.0 Å². The Bertz CT molecular complexity index is 618. The molecule has 1 aromatic carbocycles. The molecule has 0 fully saturated rings. The van der Waals surface area contributed by atoms with Crippen LogP contribution in [0.4, 0.5) is 8.78 Å². The van der Waals surface area contributed by atoms with Crippen molar-refractivity contribution in [1.29, 1.82) is 0 Å². The fourth-order valence-corrected chi connectivity index (χ4v) is 3.39. The first kappa shape index (κ1) is 17.5. The topological polar surface area (TPSA) is 94.9 Å². The minimum absolute atomic E-state index is 0.234. The molecule has 0 unspecified atom stereocenters. The number of nitrogens with zero attached hydrogens (tertiary/aromatic N) is 1. The zero-order valence-electron chi connectivity index (χ0n) is 11.2. The Morgan fingerprint density at radius 3 is 2.48 bits per heavy atom. The Hall–Kier alpha value is -1.58. The number of benzene rings is 1. The molecule has 0 radical (unpaired) electrons. The molecule has 0 heterocycles. The van der Waals surface area contributed by atoms with Crippen molar-refractivity contribution in [2.24, 2.45) is 0 Å². The van der Waals surface area contributed by atoms with Crippen molar-refractivity contribution in [2.75, 3.05) is 19.7 Å². The maximum atomic E-state index is 12.5. The van der Waals surface area contributed by atoms with Crippen LogP contribution in [0.3, 0.4) is 0 Å². The van der Waals surface area contributed by atoms with Gasteiger partial charge in [0.15, 0.2) is 0 Å². The summed E-state index contributed by atoms with van der Waals surface area (Å²) in [4.78, 5) is 10.5. The van der Waals surface area contributed by atoms with E-state index in [1.165, 1.54) is 19.1 Å². The number of sulfonamides is 1. The zero-order valence-corrected chi connectivity index (χ0v) is 12.0. The van der Waals surface area contributed by atoms with Crippen LogP contribution in [0.5, 0.6) is 0 Å². The monoisotopic (exact) mass is 323 g/mol. The summed E-state index contributed by atoms with van der Waals surface area (Å²) in [7, 11) is -4.31. The molecular formula is C12H15F2NO5S. The molecule has 9 heteroatoms. The number of carboxylic acid groups (broad SMARTS) is 1. The van der Waals surface area contributed by atoms with Crippen LogP contribution < -0.4 is 0 Å². The Morgan fingerprint density at radius 1 is 1.38 bits per heavy atom. The molecule has 21 heavy (non-hydrogen) atoms. The average Bonchev–Trinajstić information content (AvgIpc) is 2.37. The van der Waals surface area contributed by atoms with Crippen LogP contribution in [0.15, 0.2) is 23.1 Å². The summed E-state index contributed by atoms with van der Waals surface area (Å²) < 4.78 is 50.1. The van der Waals surface area contributed by atoms with Crippen molar-refractivity contribution < 1.29 is 32.2 Å². The number of carboxylic acids is 1. The fraction of sp³-hybridized carbons (Fsp3) is 0.417. The molecule has 0 bridgehead atoms. The van der Waals surface area contributed by atoms with E-state index in [1.54, 1.807) is 0 Å². The van der Waals surface area contributed by atoms with Gasteiger partial charge in [0, 0.05) is 6.54 Å². The van der Waals surface area contributed by atoms with Crippen LogP contribution in [-0.2, 0) is 10.0 Å². The molecule has 0 aliphatic carbocycles. The number of aromatic carboxylic acids is 1. The molecular weight excluding hydrogens is 308 g/mol. The van der Waals surface area contributed by atoms with Gasteiger partial charge in [-0.05, 0) is 24.6 Å². The van der Waals surface area contributed by atoms with E-state index < -0.39 is 42.1 Å². The van der Waals surface area contributed by atoms with Gasteiger partial charge in [0.1, 0.15) is 0 Å². The summed E-state index contributed by atoms with van der Waals surface area (Å²) in [6, 6.07) is 3.43. The van der Waals surface area contributed by atoms with Crippen molar-refractivity contribution >= 4 is 16.0 Å². The minimum Gasteiger partial charge on any atom is -0.478 e. The average molecular weight is 323 g/mol. The van der Waals surface area contributed by atoms with Crippen LogP contribution in [0.25, 0.3) is 0 Å². The lowest BCUT2D eigenvalue weighted by Crippen LogP contribution is -2.37. The standard InChI is InChI=1S/C12H15F2NO5S/c1-8-2-3-9(12(17)18)6-10(8)21(19,20)15(4-5-16)7-11(13)14/h2-3,6,11,16H,4-5,7H2,1H3,(H,17,18). The maximum Gasteiger partial charge on any atom is 0.335 e. The van der Waals surface area contributed by atoms with Crippen molar-refractivity contribution in [3.8, 4) is 0 Å². The van der Waals surface area contributed by atoms with Crippen LogP contribution >= 0.6 is 0 Å². The number of rotatable bonds is 7. The van der Waals surface area contributed by atoms with E-state index in [4.69, 9.17) is 10.2 Å². The van der Waals surface area contributed by atoms with Gasteiger partial charge in [-0.15, -0.1) is 0 Å². The van der Waals surface area contributed by atoms with Crippen molar-refractivity contribution in [3.63, 3.8) is 0 Å². The smallest absolute Gasteiger partial charge is 0.335 e. The van der Waals surface area contributed by atoms with Gasteiger partial charge in [0.25, 0.3) is 6.43 Å². The van der Waals surface area contributed by atoms with Gasteiger partial charge in [-0.3, -0.25) is 0 Å². The quantitative estimate of drug-likeness (QED) is 0.779. The Balaban J connectivity index is 3.33. The molecule has 0 saturated heterocycles. The predicted octanol–water partition coefficient (Wildman–Crippen LogP) is 0.941. The van der Waals surface area contributed by atoms with Gasteiger partial charge in [-0.25, -0.2) is 22.0 Å². The minimum atomic E-state index is -4.31. The number of halogens is 2. The fourth-order valence-electron chi connectivity index (χ4n) is 1.73. The van der Waals surface area contributed by atoms with E-state index in [0.717, 1.165) is 6.07 Å². The second-order valence-electron chi connectivity index (χ2n) is 4.26. The van der Waals surface area contributed by atoms with E-state index >= 15 is 0 Å². The first-order chi connectivity index (χ1) is 9.70. The third-order valence-corrected chi connectivity index (χ3v) is 4.75. The molecule has 0 atom stereocenters. The third-order valence-electron chi connectivity index (χ3n) is 2.74. The van der Waals surface area contributed by atoms with Crippen LogP contribution in [0, 0.1) is 6.92 Å². The maximum absolute atomic E-state index is 12.5. The molecule has 118 valence electrons. The van der Waals surface area contributed by atoms with Gasteiger partial charge < -0.3 is 10.2 Å². The molecule has 0 spiro atoms. The van der Waals surface area contributed by atoms with Gasteiger partial charge in [0.2, 0.25) is 10.0 Å². The highest BCUT2D eigenvalue weighted by atomic mass is 32.2. The molecule has 1 rings (SSSR count). The number of aliphatic hydroxyl groups is 1. The highest BCUT2D eigenvalue weighted by Crippen LogP contribution is 2.22. The second kappa shape index (κ2) is 6.92. The van der Waals surface area contributed by atoms with E-state index in [-0.39, 0.29) is 16.0 Å². The highest BCUT2D eigenvalue weighted by Gasteiger charge is 2.28. The Morgan fingerprint density at radius 2 is 2.00 bits per heavy atom. The predicted molar refractivity (Wildman–Crippen MR) is 70.0 cm³/mol. The molecule has 0 aliphatic rings. The number of aryl methyl sites for hydroxylation is 1. The van der Waals surface area contributed by atoms with Gasteiger partial charge in [-0.1, -0.05) is 6.07 Å². The molecule has 6 nitrogen and oxygen atoms in total. The summed E-state index contributed by atoms with van der Waals surface area (Å²) in [6.45, 7) is -0.759. The van der Waals surface area contributed by atoms with E-state index in [0.29, 0.717) is 4.31 Å². The molecule has 0 amide bonds. The van der Waals surface area contributed by atoms with Crippen molar-refractivity contribution in [1.82, 2.24) is 4.31 Å². The van der Waals surface area contributed by atoms with Crippen LogP contribution in [0.1, 0.15) is 15.9 Å². The van der Waals surface area contributed by atoms with Crippen molar-refractivity contribution in [2.45, 2.75) is 18.2 Å². The second-order valence-corrected chi connectivity index (χ2v) is 6.17. The molecule has 2 N–H and O–H groups in total. The lowest BCUT2D eigenvalue weighted by molar-refractivity contribution is 0.0696. The molecule has 0 aromatic heterocycles. The molecule has 1 aromatic rings. The first-order valence-corrected chi connectivity index (χ1v) is 7.37. The molecule has 0 aliphatic heterocycles. The first-order valence-electron chi connectivity index (χ1n) is 5.93. The van der Waals surface area contributed by atoms with E-state index in [2.05, 4.69) is 0 Å². The SMILES string of the molecule is Cc1ccc(C(=O)O)cc1S(=O)(=O)N(CCO)CC(F)F. The summed E-state index contributed by atoms with van der Waals surface area (Å²) in [5.74, 6) is -1.32. The number of alkyl halides is 2. The molecule has 0 saturated carbocycles. The van der Waals surface area contributed by atoms with E-state index in [1.807, 2.05) is 0 Å². The highest BCUT2D eigenvalue weighted by molar-refractivity contribution is 7.89. The summed E-state index contributed by atoms with van der Waals surface area (Å²) in [5, 5.41) is 17.7. The van der Waals surface area contributed by atoms with Gasteiger partial charge >= 0.3 is 5.97 Å².